The van der Waals surface area contributed by atoms with Crippen LogP contribution in [-0.2, 0) is 4.79 Å². The van der Waals surface area contributed by atoms with Crippen molar-refractivity contribution in [3.05, 3.63) is 35.4 Å². The molecule has 0 bridgehead atoms. The van der Waals surface area contributed by atoms with Crippen molar-refractivity contribution in [3.8, 4) is 5.75 Å². The highest BCUT2D eigenvalue weighted by atomic mass is 16.5. The summed E-state index contributed by atoms with van der Waals surface area (Å²) in [7, 11) is 1.62. The Morgan fingerprint density at radius 2 is 1.71 bits per heavy atom. The topological polar surface area (TPSA) is 46.5 Å². The highest BCUT2D eigenvalue weighted by Crippen LogP contribution is 2.18. The minimum absolute atomic E-state index is 0.482. The molecule has 0 spiro atoms. The molecule has 0 fully saturated rings. The SMILES string of the molecule is CCCCCCCCC(=Cc1ccc(OC)cc1)C(=O)O. The maximum atomic E-state index is 11.3. The van der Waals surface area contributed by atoms with E-state index in [0.717, 1.165) is 24.2 Å². The van der Waals surface area contributed by atoms with E-state index in [0.29, 0.717) is 12.0 Å². The van der Waals surface area contributed by atoms with Gasteiger partial charge in [-0.15, -0.1) is 0 Å². The van der Waals surface area contributed by atoms with Gasteiger partial charge in [-0.3, -0.25) is 0 Å². The first-order valence-electron chi connectivity index (χ1n) is 7.75. The molecule has 0 aromatic heterocycles. The minimum Gasteiger partial charge on any atom is -0.497 e. The number of aliphatic carboxylic acids is 1. The Bertz CT molecular complexity index is 446. The van der Waals surface area contributed by atoms with E-state index in [4.69, 9.17) is 4.74 Å². The van der Waals surface area contributed by atoms with Crippen LogP contribution in [0.2, 0.25) is 0 Å². The molecule has 1 rings (SSSR count). The Morgan fingerprint density at radius 3 is 2.29 bits per heavy atom. The molecule has 0 heterocycles. The summed E-state index contributed by atoms with van der Waals surface area (Å²) in [6.45, 7) is 2.19. The Kier molecular flexibility index (Phi) is 8.25. The maximum Gasteiger partial charge on any atom is 0.331 e. The maximum absolute atomic E-state index is 11.3. The van der Waals surface area contributed by atoms with Crippen molar-refractivity contribution in [3.63, 3.8) is 0 Å². The fourth-order valence-electron chi connectivity index (χ4n) is 2.24. The normalized spacial score (nSPS) is 11.4. The van der Waals surface area contributed by atoms with E-state index in [1.165, 1.54) is 25.7 Å². The van der Waals surface area contributed by atoms with Gasteiger partial charge in [-0.25, -0.2) is 4.79 Å². The van der Waals surface area contributed by atoms with Crippen molar-refractivity contribution >= 4 is 12.0 Å². The van der Waals surface area contributed by atoms with Gasteiger partial charge in [0.1, 0.15) is 5.75 Å². The van der Waals surface area contributed by atoms with Crippen molar-refractivity contribution in [1.82, 2.24) is 0 Å². The zero-order chi connectivity index (χ0) is 15.5. The van der Waals surface area contributed by atoms with Crippen LogP contribution in [0, 0.1) is 0 Å². The van der Waals surface area contributed by atoms with E-state index < -0.39 is 5.97 Å². The van der Waals surface area contributed by atoms with E-state index in [-0.39, 0.29) is 0 Å². The molecular formula is C18H26O3. The van der Waals surface area contributed by atoms with Gasteiger partial charge in [-0.1, -0.05) is 51.2 Å². The van der Waals surface area contributed by atoms with Crippen LogP contribution >= 0.6 is 0 Å². The van der Waals surface area contributed by atoms with Gasteiger partial charge in [0.2, 0.25) is 0 Å². The van der Waals surface area contributed by atoms with E-state index in [9.17, 15) is 9.90 Å². The average Bonchev–Trinajstić information content (AvgIpc) is 2.50. The first-order chi connectivity index (χ1) is 10.2. The second kappa shape index (κ2) is 10.0. The predicted molar refractivity (Wildman–Crippen MR) is 86.6 cm³/mol. The molecule has 0 aliphatic rings. The molecule has 0 amide bonds. The number of rotatable bonds is 10. The standard InChI is InChI=1S/C18H26O3/c1-3-4-5-6-7-8-9-16(18(19)20)14-15-10-12-17(21-2)13-11-15/h10-14H,3-9H2,1-2H3,(H,19,20). The first kappa shape index (κ1) is 17.3. The van der Waals surface area contributed by atoms with Gasteiger partial charge in [0, 0.05) is 5.57 Å². The van der Waals surface area contributed by atoms with Crippen LogP contribution in [0.15, 0.2) is 29.8 Å². The first-order valence-corrected chi connectivity index (χ1v) is 7.75. The number of hydrogen-bond acceptors (Lipinski definition) is 2. The van der Waals surface area contributed by atoms with Gasteiger partial charge in [-0.2, -0.15) is 0 Å². The smallest absolute Gasteiger partial charge is 0.331 e. The van der Waals surface area contributed by atoms with Gasteiger partial charge in [0.25, 0.3) is 0 Å². The summed E-state index contributed by atoms with van der Waals surface area (Å²) in [6, 6.07) is 7.44. The third-order valence-electron chi connectivity index (χ3n) is 3.53. The third kappa shape index (κ3) is 6.98. The van der Waals surface area contributed by atoms with Gasteiger partial charge >= 0.3 is 5.97 Å². The third-order valence-corrected chi connectivity index (χ3v) is 3.53. The molecule has 116 valence electrons. The Balaban J connectivity index is 2.51. The number of carboxylic acids is 1. The molecule has 0 unspecified atom stereocenters. The van der Waals surface area contributed by atoms with Gasteiger partial charge < -0.3 is 9.84 Å². The quantitative estimate of drug-likeness (QED) is 0.491. The number of carboxylic acid groups (broad SMARTS) is 1. The summed E-state index contributed by atoms with van der Waals surface area (Å²) in [5.41, 5.74) is 1.38. The zero-order valence-corrected chi connectivity index (χ0v) is 13.1. The molecule has 0 saturated heterocycles. The van der Waals surface area contributed by atoms with Crippen molar-refractivity contribution in [2.75, 3.05) is 7.11 Å². The number of carbonyl (C=O) groups is 1. The highest BCUT2D eigenvalue weighted by Gasteiger charge is 2.07. The number of methoxy groups -OCH3 is 1. The lowest BCUT2D eigenvalue weighted by molar-refractivity contribution is -0.132. The second-order valence-corrected chi connectivity index (χ2v) is 5.27. The molecular weight excluding hydrogens is 264 g/mol. The van der Waals surface area contributed by atoms with E-state index in [1.807, 2.05) is 24.3 Å². The second-order valence-electron chi connectivity index (χ2n) is 5.27. The van der Waals surface area contributed by atoms with Crippen LogP contribution in [-0.4, -0.2) is 18.2 Å². The van der Waals surface area contributed by atoms with Gasteiger partial charge in [0.05, 0.1) is 7.11 Å². The largest absolute Gasteiger partial charge is 0.497 e. The molecule has 1 N–H and O–H groups in total. The molecule has 0 saturated carbocycles. The summed E-state index contributed by atoms with van der Waals surface area (Å²) >= 11 is 0. The molecule has 1 aromatic carbocycles. The van der Waals surface area contributed by atoms with Crippen LogP contribution in [0.4, 0.5) is 0 Å². The van der Waals surface area contributed by atoms with Gasteiger partial charge in [0.15, 0.2) is 0 Å². The van der Waals surface area contributed by atoms with Crippen LogP contribution < -0.4 is 4.74 Å². The predicted octanol–water partition coefficient (Wildman–Crippen LogP) is 4.91. The number of unbranched alkanes of at least 4 members (excludes halogenated alkanes) is 5. The summed E-state index contributed by atoms with van der Waals surface area (Å²) in [5.74, 6) is -0.0423. The number of ether oxygens (including phenoxy) is 1. The lowest BCUT2D eigenvalue weighted by atomic mass is 10.0. The lowest BCUT2D eigenvalue weighted by Crippen LogP contribution is -2.00. The summed E-state index contributed by atoms with van der Waals surface area (Å²) in [5, 5.41) is 9.28. The van der Waals surface area contributed by atoms with Gasteiger partial charge in [-0.05, 0) is 36.6 Å². The zero-order valence-electron chi connectivity index (χ0n) is 13.1. The van der Waals surface area contributed by atoms with Crippen molar-refractivity contribution in [1.29, 1.82) is 0 Å². The molecule has 3 heteroatoms. The molecule has 0 radical (unpaired) electrons. The Hall–Kier alpha value is -1.77. The summed E-state index contributed by atoms with van der Waals surface area (Å²) in [4.78, 5) is 11.3. The van der Waals surface area contributed by atoms with Crippen molar-refractivity contribution in [2.45, 2.75) is 51.9 Å². The Morgan fingerprint density at radius 1 is 1.10 bits per heavy atom. The molecule has 21 heavy (non-hydrogen) atoms. The highest BCUT2D eigenvalue weighted by molar-refractivity contribution is 5.92. The summed E-state index contributed by atoms with van der Waals surface area (Å²) < 4.78 is 5.10. The van der Waals surface area contributed by atoms with Crippen LogP contribution in [0.25, 0.3) is 6.08 Å². The van der Waals surface area contributed by atoms with Crippen LogP contribution in [0.1, 0.15) is 57.4 Å². The number of hydrogen-bond donors (Lipinski definition) is 1. The fraction of sp³-hybridized carbons (Fsp3) is 0.500. The van der Waals surface area contributed by atoms with Crippen LogP contribution in [0.5, 0.6) is 5.75 Å². The van der Waals surface area contributed by atoms with Crippen molar-refractivity contribution < 1.29 is 14.6 Å². The fourth-order valence-corrected chi connectivity index (χ4v) is 2.24. The monoisotopic (exact) mass is 290 g/mol. The van der Waals surface area contributed by atoms with E-state index in [2.05, 4.69) is 6.92 Å². The van der Waals surface area contributed by atoms with E-state index >= 15 is 0 Å². The molecule has 3 nitrogen and oxygen atoms in total. The summed E-state index contributed by atoms with van der Waals surface area (Å²) in [6.07, 6.45) is 9.39. The average molecular weight is 290 g/mol. The number of benzene rings is 1. The minimum atomic E-state index is -0.820. The Labute approximate surface area is 127 Å². The molecule has 0 atom stereocenters. The molecule has 1 aromatic rings. The van der Waals surface area contributed by atoms with Crippen molar-refractivity contribution in [2.24, 2.45) is 0 Å². The van der Waals surface area contributed by atoms with E-state index in [1.54, 1.807) is 13.2 Å². The molecule has 0 aliphatic carbocycles. The lowest BCUT2D eigenvalue weighted by Gasteiger charge is -2.04. The van der Waals surface area contributed by atoms with Crippen LogP contribution in [0.3, 0.4) is 0 Å². The molecule has 0 aliphatic heterocycles.